The number of nitrogens with one attached hydrogen (secondary N) is 2. The Morgan fingerprint density at radius 1 is 1.20 bits per heavy atom. The summed E-state index contributed by atoms with van der Waals surface area (Å²) in [6.45, 7) is 6.00. The highest BCUT2D eigenvalue weighted by Crippen LogP contribution is 2.13. The van der Waals surface area contributed by atoms with Gasteiger partial charge in [0.15, 0.2) is 0 Å². The number of hydrogen-bond acceptors (Lipinski definition) is 2. The molecule has 0 atom stereocenters. The average molecular weight is 275 g/mol. The molecule has 1 fully saturated rings. The van der Waals surface area contributed by atoms with Gasteiger partial charge < -0.3 is 15.5 Å². The first kappa shape index (κ1) is 14.4. The Kier molecular flexibility index (Phi) is 4.61. The summed E-state index contributed by atoms with van der Waals surface area (Å²) in [7, 11) is 0. The van der Waals surface area contributed by atoms with Gasteiger partial charge in [-0.2, -0.15) is 0 Å². The van der Waals surface area contributed by atoms with Crippen LogP contribution in [0.4, 0.5) is 4.79 Å². The van der Waals surface area contributed by atoms with Gasteiger partial charge in [0.1, 0.15) is 0 Å². The maximum Gasteiger partial charge on any atom is 0.315 e. The second kappa shape index (κ2) is 6.41. The Morgan fingerprint density at radius 2 is 1.85 bits per heavy atom. The van der Waals surface area contributed by atoms with Crippen molar-refractivity contribution in [1.82, 2.24) is 15.5 Å². The van der Waals surface area contributed by atoms with Gasteiger partial charge in [0, 0.05) is 31.2 Å². The van der Waals surface area contributed by atoms with Crippen LogP contribution in [-0.4, -0.2) is 36.0 Å². The average Bonchev–Trinajstić information content (AvgIpc) is 2.34. The minimum Gasteiger partial charge on any atom is -0.339 e. The summed E-state index contributed by atoms with van der Waals surface area (Å²) in [5.74, 6) is 0.0910. The Hall–Kier alpha value is -2.04. The number of urea groups is 1. The van der Waals surface area contributed by atoms with Crippen molar-refractivity contribution in [1.29, 1.82) is 0 Å². The summed E-state index contributed by atoms with van der Waals surface area (Å²) in [5.41, 5.74) is 1.68. The zero-order chi connectivity index (χ0) is 14.5. The lowest BCUT2D eigenvalue weighted by atomic mass is 10.1. The zero-order valence-corrected chi connectivity index (χ0v) is 12.0. The number of rotatable bonds is 4. The van der Waals surface area contributed by atoms with Crippen LogP contribution in [0.2, 0.25) is 0 Å². The molecule has 5 nitrogen and oxygen atoms in total. The van der Waals surface area contributed by atoms with Gasteiger partial charge >= 0.3 is 6.03 Å². The number of carbonyl (C=O) groups excluding carboxylic acids is 2. The van der Waals surface area contributed by atoms with E-state index in [0.29, 0.717) is 12.1 Å². The third-order valence-corrected chi connectivity index (χ3v) is 3.22. The van der Waals surface area contributed by atoms with Gasteiger partial charge in [-0.15, -0.1) is 0 Å². The van der Waals surface area contributed by atoms with Crippen LogP contribution in [0.15, 0.2) is 24.3 Å². The van der Waals surface area contributed by atoms with Gasteiger partial charge in [0.05, 0.1) is 0 Å². The summed E-state index contributed by atoms with van der Waals surface area (Å²) in [5, 5.41) is 5.54. The van der Waals surface area contributed by atoms with Crippen LogP contribution in [-0.2, 0) is 6.54 Å². The standard InChI is InChI=1S/C15H21N3O2/c1-11(2)17-15(20)16-10-12-4-6-13(7-5-12)14(19)18-8-3-9-18/h4-7,11H,3,8-10H2,1-2H3,(H2,16,17,20). The van der Waals surface area contributed by atoms with Crippen molar-refractivity contribution >= 4 is 11.9 Å². The van der Waals surface area contributed by atoms with Crippen LogP contribution in [0.25, 0.3) is 0 Å². The molecule has 1 aromatic rings. The molecule has 1 aliphatic rings. The SMILES string of the molecule is CC(C)NC(=O)NCc1ccc(C(=O)N2CCC2)cc1. The van der Waals surface area contributed by atoms with Crippen LogP contribution < -0.4 is 10.6 Å². The van der Waals surface area contributed by atoms with E-state index < -0.39 is 0 Å². The summed E-state index contributed by atoms with van der Waals surface area (Å²) in [4.78, 5) is 25.3. The first-order valence-electron chi connectivity index (χ1n) is 6.99. The molecule has 108 valence electrons. The van der Waals surface area contributed by atoms with Gasteiger partial charge in [-0.05, 0) is 38.0 Å². The predicted molar refractivity (Wildman–Crippen MR) is 77.5 cm³/mol. The minimum absolute atomic E-state index is 0.0910. The molecule has 1 heterocycles. The van der Waals surface area contributed by atoms with Crippen molar-refractivity contribution in [2.75, 3.05) is 13.1 Å². The molecule has 2 rings (SSSR count). The molecule has 0 spiro atoms. The highest BCUT2D eigenvalue weighted by Gasteiger charge is 2.21. The van der Waals surface area contributed by atoms with E-state index in [1.165, 1.54) is 0 Å². The minimum atomic E-state index is -0.180. The number of nitrogens with zero attached hydrogens (tertiary/aromatic N) is 1. The molecule has 2 N–H and O–H groups in total. The van der Waals surface area contributed by atoms with Gasteiger partial charge in [0.2, 0.25) is 0 Å². The third-order valence-electron chi connectivity index (χ3n) is 3.22. The van der Waals surface area contributed by atoms with Crippen LogP contribution >= 0.6 is 0 Å². The zero-order valence-electron chi connectivity index (χ0n) is 12.0. The molecule has 1 aromatic carbocycles. The van der Waals surface area contributed by atoms with E-state index in [1.54, 1.807) is 0 Å². The largest absolute Gasteiger partial charge is 0.339 e. The van der Waals surface area contributed by atoms with E-state index >= 15 is 0 Å². The van der Waals surface area contributed by atoms with Crippen molar-refractivity contribution in [3.8, 4) is 0 Å². The summed E-state index contributed by atoms with van der Waals surface area (Å²) in [6, 6.07) is 7.33. The number of carbonyl (C=O) groups is 2. The lowest BCUT2D eigenvalue weighted by Gasteiger charge is -2.30. The van der Waals surface area contributed by atoms with Crippen molar-refractivity contribution < 1.29 is 9.59 Å². The highest BCUT2D eigenvalue weighted by molar-refractivity contribution is 5.94. The lowest BCUT2D eigenvalue weighted by Crippen LogP contribution is -2.42. The fourth-order valence-corrected chi connectivity index (χ4v) is 1.96. The van der Waals surface area contributed by atoms with Gasteiger partial charge in [-0.1, -0.05) is 12.1 Å². The fraction of sp³-hybridized carbons (Fsp3) is 0.467. The van der Waals surface area contributed by atoms with Crippen molar-refractivity contribution in [3.05, 3.63) is 35.4 Å². The molecule has 20 heavy (non-hydrogen) atoms. The molecular formula is C15H21N3O2. The van der Waals surface area contributed by atoms with E-state index in [0.717, 1.165) is 25.1 Å². The predicted octanol–water partition coefficient (Wildman–Crippen LogP) is 1.74. The third kappa shape index (κ3) is 3.73. The monoisotopic (exact) mass is 275 g/mol. The molecule has 0 aliphatic carbocycles. The lowest BCUT2D eigenvalue weighted by molar-refractivity contribution is 0.0652. The van der Waals surface area contributed by atoms with Crippen molar-refractivity contribution in [3.63, 3.8) is 0 Å². The molecule has 5 heteroatoms. The topological polar surface area (TPSA) is 61.4 Å². The molecule has 0 aromatic heterocycles. The van der Waals surface area contributed by atoms with E-state index in [1.807, 2.05) is 43.0 Å². The molecule has 3 amide bonds. The van der Waals surface area contributed by atoms with E-state index in [4.69, 9.17) is 0 Å². The molecule has 0 bridgehead atoms. The Morgan fingerprint density at radius 3 is 2.35 bits per heavy atom. The van der Waals surface area contributed by atoms with Crippen LogP contribution in [0.5, 0.6) is 0 Å². The summed E-state index contributed by atoms with van der Waals surface area (Å²) < 4.78 is 0. The highest BCUT2D eigenvalue weighted by atomic mass is 16.2. The maximum atomic E-state index is 12.0. The van der Waals surface area contributed by atoms with Gasteiger partial charge in [-0.25, -0.2) is 4.79 Å². The molecule has 0 saturated carbocycles. The van der Waals surface area contributed by atoms with E-state index in [2.05, 4.69) is 10.6 Å². The Labute approximate surface area is 119 Å². The number of amides is 3. The molecule has 1 saturated heterocycles. The van der Waals surface area contributed by atoms with Gasteiger partial charge in [0.25, 0.3) is 5.91 Å². The van der Waals surface area contributed by atoms with Gasteiger partial charge in [-0.3, -0.25) is 4.79 Å². The molecule has 1 aliphatic heterocycles. The first-order valence-corrected chi connectivity index (χ1v) is 6.99. The Bertz CT molecular complexity index is 478. The van der Waals surface area contributed by atoms with Crippen LogP contribution in [0, 0.1) is 0 Å². The quantitative estimate of drug-likeness (QED) is 0.879. The fourth-order valence-electron chi connectivity index (χ4n) is 1.96. The smallest absolute Gasteiger partial charge is 0.315 e. The van der Waals surface area contributed by atoms with Crippen molar-refractivity contribution in [2.24, 2.45) is 0 Å². The second-order valence-corrected chi connectivity index (χ2v) is 5.32. The number of benzene rings is 1. The number of hydrogen-bond donors (Lipinski definition) is 2. The van der Waals surface area contributed by atoms with E-state index in [9.17, 15) is 9.59 Å². The van der Waals surface area contributed by atoms with Crippen LogP contribution in [0.3, 0.4) is 0 Å². The first-order chi connectivity index (χ1) is 9.56. The molecular weight excluding hydrogens is 254 g/mol. The van der Waals surface area contributed by atoms with Crippen molar-refractivity contribution in [2.45, 2.75) is 32.9 Å². The Balaban J connectivity index is 1.85. The maximum absolute atomic E-state index is 12.0. The van der Waals surface area contributed by atoms with E-state index in [-0.39, 0.29) is 18.0 Å². The number of likely N-dealkylation sites (tertiary alicyclic amines) is 1. The van der Waals surface area contributed by atoms with Crippen LogP contribution in [0.1, 0.15) is 36.2 Å². The summed E-state index contributed by atoms with van der Waals surface area (Å²) in [6.07, 6.45) is 1.10. The summed E-state index contributed by atoms with van der Waals surface area (Å²) >= 11 is 0. The molecule has 0 radical (unpaired) electrons. The second-order valence-electron chi connectivity index (χ2n) is 5.32. The normalized spacial score (nSPS) is 13.8. The molecule has 0 unspecified atom stereocenters.